The summed E-state index contributed by atoms with van der Waals surface area (Å²) < 4.78 is 0.841. The Kier molecular flexibility index (Phi) is 6.35. The van der Waals surface area contributed by atoms with Crippen LogP contribution in [0.4, 0.5) is 5.69 Å². The zero-order valence-electron chi connectivity index (χ0n) is 11.9. The third-order valence-corrected chi connectivity index (χ3v) is 3.51. The van der Waals surface area contributed by atoms with Gasteiger partial charge in [0.15, 0.2) is 0 Å². The van der Waals surface area contributed by atoms with E-state index in [1.54, 1.807) is 12.1 Å². The SMILES string of the molecule is CCCCCN(C(=O)c1cc(N)cc(Br)c1)C(C)C. The molecule has 0 unspecified atom stereocenters. The fourth-order valence-electron chi connectivity index (χ4n) is 2.03. The van der Waals surface area contributed by atoms with E-state index in [9.17, 15) is 4.79 Å². The Morgan fingerprint density at radius 2 is 2.00 bits per heavy atom. The first kappa shape index (κ1) is 16.0. The number of unbranched alkanes of at least 4 members (excludes halogenated alkanes) is 2. The van der Waals surface area contributed by atoms with E-state index in [-0.39, 0.29) is 11.9 Å². The average Bonchev–Trinajstić information content (AvgIpc) is 2.32. The van der Waals surface area contributed by atoms with E-state index < -0.39 is 0 Å². The normalized spacial score (nSPS) is 10.8. The number of hydrogen-bond donors (Lipinski definition) is 1. The molecule has 4 heteroatoms. The van der Waals surface area contributed by atoms with Gasteiger partial charge in [-0.1, -0.05) is 35.7 Å². The Hall–Kier alpha value is -1.03. The molecule has 0 aliphatic rings. The summed E-state index contributed by atoms with van der Waals surface area (Å²) in [5, 5.41) is 0. The number of halogens is 1. The van der Waals surface area contributed by atoms with Crippen LogP contribution < -0.4 is 5.73 Å². The number of anilines is 1. The second kappa shape index (κ2) is 7.53. The van der Waals surface area contributed by atoms with Crippen molar-refractivity contribution >= 4 is 27.5 Å². The molecule has 3 nitrogen and oxygen atoms in total. The topological polar surface area (TPSA) is 46.3 Å². The van der Waals surface area contributed by atoms with E-state index in [0.717, 1.165) is 30.3 Å². The van der Waals surface area contributed by atoms with Crippen molar-refractivity contribution in [1.29, 1.82) is 0 Å². The fourth-order valence-corrected chi connectivity index (χ4v) is 2.54. The lowest BCUT2D eigenvalue weighted by Gasteiger charge is -2.27. The molecule has 0 aliphatic heterocycles. The first-order valence-corrected chi connectivity index (χ1v) is 7.62. The van der Waals surface area contributed by atoms with Crippen molar-refractivity contribution in [2.45, 2.75) is 46.1 Å². The van der Waals surface area contributed by atoms with Gasteiger partial charge in [0.05, 0.1) is 0 Å². The highest BCUT2D eigenvalue weighted by molar-refractivity contribution is 9.10. The van der Waals surface area contributed by atoms with Crippen LogP contribution in [0.3, 0.4) is 0 Å². The Balaban J connectivity index is 2.86. The molecule has 1 rings (SSSR count). The number of benzene rings is 1. The molecule has 1 aromatic carbocycles. The van der Waals surface area contributed by atoms with Crippen molar-refractivity contribution in [1.82, 2.24) is 4.90 Å². The monoisotopic (exact) mass is 326 g/mol. The molecule has 1 aromatic rings. The highest BCUT2D eigenvalue weighted by Gasteiger charge is 2.18. The van der Waals surface area contributed by atoms with Crippen LogP contribution in [0.1, 0.15) is 50.4 Å². The molecule has 19 heavy (non-hydrogen) atoms. The number of hydrogen-bond acceptors (Lipinski definition) is 2. The summed E-state index contributed by atoms with van der Waals surface area (Å²) in [7, 11) is 0. The molecule has 106 valence electrons. The van der Waals surface area contributed by atoms with Gasteiger partial charge in [0.25, 0.3) is 5.91 Å². The largest absolute Gasteiger partial charge is 0.399 e. The summed E-state index contributed by atoms with van der Waals surface area (Å²) in [4.78, 5) is 14.4. The molecule has 0 saturated carbocycles. The van der Waals surface area contributed by atoms with E-state index in [1.807, 2.05) is 24.8 Å². The second-order valence-corrected chi connectivity index (χ2v) is 5.99. The van der Waals surface area contributed by atoms with Gasteiger partial charge in [-0.05, 0) is 38.5 Å². The molecule has 0 bridgehead atoms. The van der Waals surface area contributed by atoms with E-state index >= 15 is 0 Å². The summed E-state index contributed by atoms with van der Waals surface area (Å²) in [6.45, 7) is 7.06. The minimum absolute atomic E-state index is 0.0547. The van der Waals surface area contributed by atoms with Crippen LogP contribution in [0, 0.1) is 0 Å². The van der Waals surface area contributed by atoms with Gasteiger partial charge in [0.1, 0.15) is 0 Å². The van der Waals surface area contributed by atoms with E-state index in [1.165, 1.54) is 0 Å². The standard InChI is InChI=1S/C15H23BrN2O/c1-4-5-6-7-18(11(2)3)15(19)12-8-13(16)10-14(17)9-12/h8-11H,4-7,17H2,1-3H3. The maximum absolute atomic E-state index is 12.5. The third kappa shape index (κ3) is 4.86. The van der Waals surface area contributed by atoms with Gasteiger partial charge >= 0.3 is 0 Å². The number of rotatable bonds is 6. The zero-order valence-corrected chi connectivity index (χ0v) is 13.5. The predicted octanol–water partition coefficient (Wildman–Crippen LogP) is 4.07. The summed E-state index contributed by atoms with van der Waals surface area (Å²) in [5.74, 6) is 0.0547. The number of nitrogen functional groups attached to an aromatic ring is 1. The predicted molar refractivity (Wildman–Crippen MR) is 84.3 cm³/mol. The van der Waals surface area contributed by atoms with Gasteiger partial charge in [-0.3, -0.25) is 4.79 Å². The lowest BCUT2D eigenvalue weighted by molar-refractivity contribution is 0.0702. The van der Waals surface area contributed by atoms with Crippen LogP contribution in [0.15, 0.2) is 22.7 Å². The molecule has 0 heterocycles. The molecular formula is C15H23BrN2O. The van der Waals surface area contributed by atoms with Crippen LogP contribution >= 0.6 is 15.9 Å². The summed E-state index contributed by atoms with van der Waals surface area (Å²) >= 11 is 3.38. The Morgan fingerprint density at radius 3 is 2.53 bits per heavy atom. The maximum atomic E-state index is 12.5. The highest BCUT2D eigenvalue weighted by Crippen LogP contribution is 2.19. The fraction of sp³-hybridized carbons (Fsp3) is 0.533. The zero-order chi connectivity index (χ0) is 14.4. The first-order chi connectivity index (χ1) is 8.95. The van der Waals surface area contributed by atoms with Crippen molar-refractivity contribution < 1.29 is 4.79 Å². The van der Waals surface area contributed by atoms with Gasteiger partial charge in [-0.2, -0.15) is 0 Å². The Labute approximate surface area is 124 Å². The van der Waals surface area contributed by atoms with Crippen LogP contribution in [-0.4, -0.2) is 23.4 Å². The van der Waals surface area contributed by atoms with Gasteiger partial charge < -0.3 is 10.6 Å². The van der Waals surface area contributed by atoms with Crippen LogP contribution in [0.2, 0.25) is 0 Å². The number of amides is 1. The number of carbonyl (C=O) groups excluding carboxylic acids is 1. The van der Waals surface area contributed by atoms with Gasteiger partial charge in [-0.15, -0.1) is 0 Å². The van der Waals surface area contributed by atoms with Crippen molar-refractivity contribution in [2.24, 2.45) is 0 Å². The molecule has 0 atom stereocenters. The number of nitrogens with zero attached hydrogens (tertiary/aromatic N) is 1. The lowest BCUT2D eigenvalue weighted by atomic mass is 10.1. The first-order valence-electron chi connectivity index (χ1n) is 6.82. The lowest BCUT2D eigenvalue weighted by Crippen LogP contribution is -2.37. The van der Waals surface area contributed by atoms with E-state index in [4.69, 9.17) is 5.73 Å². The summed E-state index contributed by atoms with van der Waals surface area (Å²) in [6.07, 6.45) is 3.35. The van der Waals surface area contributed by atoms with Crippen LogP contribution in [0.25, 0.3) is 0 Å². The van der Waals surface area contributed by atoms with E-state index in [0.29, 0.717) is 11.3 Å². The smallest absolute Gasteiger partial charge is 0.254 e. The molecule has 1 amide bonds. The minimum Gasteiger partial charge on any atom is -0.399 e. The quantitative estimate of drug-likeness (QED) is 0.632. The van der Waals surface area contributed by atoms with Crippen molar-refractivity contribution in [3.8, 4) is 0 Å². The molecule has 0 fully saturated rings. The summed E-state index contributed by atoms with van der Waals surface area (Å²) in [6, 6.07) is 5.56. The molecule has 0 saturated heterocycles. The molecule has 0 aliphatic carbocycles. The molecule has 0 spiro atoms. The molecule has 0 aromatic heterocycles. The summed E-state index contributed by atoms with van der Waals surface area (Å²) in [5.41, 5.74) is 7.05. The average molecular weight is 327 g/mol. The third-order valence-electron chi connectivity index (χ3n) is 3.05. The molecule has 0 radical (unpaired) electrons. The number of carbonyl (C=O) groups is 1. The van der Waals surface area contributed by atoms with Crippen LogP contribution in [0.5, 0.6) is 0 Å². The minimum atomic E-state index is 0.0547. The second-order valence-electron chi connectivity index (χ2n) is 5.07. The number of nitrogens with two attached hydrogens (primary N) is 1. The van der Waals surface area contributed by atoms with Crippen molar-refractivity contribution in [3.05, 3.63) is 28.2 Å². The molecular weight excluding hydrogens is 304 g/mol. The van der Waals surface area contributed by atoms with Gasteiger partial charge in [0, 0.05) is 28.3 Å². The maximum Gasteiger partial charge on any atom is 0.254 e. The van der Waals surface area contributed by atoms with Crippen molar-refractivity contribution in [3.63, 3.8) is 0 Å². The Bertz CT molecular complexity index is 412. The van der Waals surface area contributed by atoms with Gasteiger partial charge in [0.2, 0.25) is 0 Å². The molecule has 2 N–H and O–H groups in total. The Morgan fingerprint density at radius 1 is 1.32 bits per heavy atom. The highest BCUT2D eigenvalue weighted by atomic mass is 79.9. The van der Waals surface area contributed by atoms with Gasteiger partial charge in [-0.25, -0.2) is 0 Å². The van der Waals surface area contributed by atoms with E-state index in [2.05, 4.69) is 22.9 Å². The van der Waals surface area contributed by atoms with Crippen molar-refractivity contribution in [2.75, 3.05) is 12.3 Å². The van der Waals surface area contributed by atoms with Crippen LogP contribution in [-0.2, 0) is 0 Å².